The van der Waals surface area contributed by atoms with Gasteiger partial charge in [-0.1, -0.05) is 23.7 Å². The lowest BCUT2D eigenvalue weighted by Crippen LogP contribution is -2.40. The average molecular weight is 351 g/mol. The fraction of sp³-hybridized carbons (Fsp3) is 0.278. The molecule has 24 heavy (non-hydrogen) atoms. The Morgan fingerprint density at radius 2 is 2.00 bits per heavy atom. The van der Waals surface area contributed by atoms with Crippen LogP contribution in [0, 0.1) is 5.82 Å². The predicted molar refractivity (Wildman–Crippen MR) is 93.1 cm³/mol. The molecule has 128 valence electrons. The van der Waals surface area contributed by atoms with Crippen LogP contribution < -0.4 is 10.1 Å². The number of ether oxygens (including phenoxy) is 1. The van der Waals surface area contributed by atoms with Crippen molar-refractivity contribution in [1.82, 2.24) is 10.2 Å². The van der Waals surface area contributed by atoms with E-state index in [0.29, 0.717) is 36.9 Å². The third-order valence-corrected chi connectivity index (χ3v) is 3.67. The molecule has 0 aliphatic rings. The van der Waals surface area contributed by atoms with Gasteiger partial charge in [-0.3, -0.25) is 0 Å². The van der Waals surface area contributed by atoms with Gasteiger partial charge in [0.2, 0.25) is 0 Å². The van der Waals surface area contributed by atoms with Gasteiger partial charge < -0.3 is 15.0 Å². The van der Waals surface area contributed by atoms with Crippen LogP contribution in [0.5, 0.6) is 5.75 Å². The van der Waals surface area contributed by atoms with Crippen molar-refractivity contribution in [2.24, 2.45) is 0 Å². The van der Waals surface area contributed by atoms with Gasteiger partial charge in [-0.15, -0.1) is 0 Å². The highest BCUT2D eigenvalue weighted by Crippen LogP contribution is 2.11. The molecule has 0 saturated carbocycles. The van der Waals surface area contributed by atoms with E-state index in [1.54, 1.807) is 24.1 Å². The van der Waals surface area contributed by atoms with Gasteiger partial charge in [0, 0.05) is 18.6 Å². The molecule has 0 atom stereocenters. The number of nitrogens with zero attached hydrogens (tertiary/aromatic N) is 1. The standard InChI is InChI=1S/C18H20ClFN2O2/c1-22(11-12-24-17-7-5-16(20)6-8-17)18(23)21-10-9-14-3-2-4-15(19)13-14/h2-8,13H,9-12H2,1H3,(H,21,23). The molecule has 0 saturated heterocycles. The summed E-state index contributed by atoms with van der Waals surface area (Å²) in [6.45, 7) is 1.30. The molecule has 4 nitrogen and oxygen atoms in total. The summed E-state index contributed by atoms with van der Waals surface area (Å²) in [5, 5.41) is 3.53. The van der Waals surface area contributed by atoms with Crippen LogP contribution in [0.15, 0.2) is 48.5 Å². The largest absolute Gasteiger partial charge is 0.492 e. The van der Waals surface area contributed by atoms with E-state index in [-0.39, 0.29) is 11.8 Å². The number of amides is 2. The minimum atomic E-state index is -0.307. The molecule has 2 aromatic rings. The minimum Gasteiger partial charge on any atom is -0.492 e. The molecule has 0 unspecified atom stereocenters. The molecule has 2 rings (SSSR count). The maximum absolute atomic E-state index is 12.8. The number of hydrogen-bond donors (Lipinski definition) is 1. The molecule has 0 aliphatic carbocycles. The summed E-state index contributed by atoms with van der Waals surface area (Å²) in [4.78, 5) is 13.5. The van der Waals surface area contributed by atoms with Gasteiger partial charge in [-0.05, 0) is 48.4 Å². The molecular formula is C18H20ClFN2O2. The molecule has 2 aromatic carbocycles. The Balaban J connectivity index is 1.65. The Kier molecular flexibility index (Phi) is 6.88. The van der Waals surface area contributed by atoms with E-state index >= 15 is 0 Å². The van der Waals surface area contributed by atoms with Crippen molar-refractivity contribution in [3.05, 3.63) is 64.9 Å². The SMILES string of the molecule is CN(CCOc1ccc(F)cc1)C(=O)NCCc1cccc(Cl)c1. The van der Waals surface area contributed by atoms with Crippen molar-refractivity contribution in [3.8, 4) is 5.75 Å². The highest BCUT2D eigenvalue weighted by atomic mass is 35.5. The Hall–Kier alpha value is -2.27. The molecule has 0 fully saturated rings. The zero-order chi connectivity index (χ0) is 17.4. The zero-order valence-corrected chi connectivity index (χ0v) is 14.2. The number of nitrogens with one attached hydrogen (secondary N) is 1. The molecule has 0 aromatic heterocycles. The lowest BCUT2D eigenvalue weighted by atomic mass is 10.1. The van der Waals surface area contributed by atoms with Crippen LogP contribution in [0.4, 0.5) is 9.18 Å². The quantitative estimate of drug-likeness (QED) is 0.826. The first-order chi connectivity index (χ1) is 11.5. The topological polar surface area (TPSA) is 41.6 Å². The van der Waals surface area contributed by atoms with Crippen LogP contribution in [0.1, 0.15) is 5.56 Å². The molecule has 2 amide bonds. The molecule has 0 heterocycles. The number of hydrogen-bond acceptors (Lipinski definition) is 2. The number of halogens is 2. The van der Waals surface area contributed by atoms with Gasteiger partial charge in [0.1, 0.15) is 18.2 Å². The first-order valence-electron chi connectivity index (χ1n) is 7.66. The van der Waals surface area contributed by atoms with Gasteiger partial charge in [0.25, 0.3) is 0 Å². The van der Waals surface area contributed by atoms with E-state index in [1.807, 2.05) is 24.3 Å². The Bertz CT molecular complexity index is 664. The lowest BCUT2D eigenvalue weighted by Gasteiger charge is -2.18. The van der Waals surface area contributed by atoms with Crippen LogP contribution >= 0.6 is 11.6 Å². The molecule has 0 spiro atoms. The van der Waals surface area contributed by atoms with Gasteiger partial charge in [0.15, 0.2) is 0 Å². The average Bonchev–Trinajstić information content (AvgIpc) is 2.56. The zero-order valence-electron chi connectivity index (χ0n) is 13.5. The van der Waals surface area contributed by atoms with E-state index in [0.717, 1.165) is 5.56 Å². The van der Waals surface area contributed by atoms with Gasteiger partial charge in [0.05, 0.1) is 6.54 Å². The second-order valence-electron chi connectivity index (χ2n) is 5.34. The Morgan fingerprint density at radius 3 is 2.71 bits per heavy atom. The van der Waals surface area contributed by atoms with Crippen LogP contribution in [0.25, 0.3) is 0 Å². The van der Waals surface area contributed by atoms with E-state index in [1.165, 1.54) is 12.1 Å². The van der Waals surface area contributed by atoms with Crippen LogP contribution in [0.2, 0.25) is 5.02 Å². The fourth-order valence-electron chi connectivity index (χ4n) is 2.07. The van der Waals surface area contributed by atoms with Gasteiger partial charge in [-0.25, -0.2) is 9.18 Å². The van der Waals surface area contributed by atoms with E-state index in [2.05, 4.69) is 5.32 Å². The third kappa shape index (κ3) is 6.08. The summed E-state index contributed by atoms with van der Waals surface area (Å²) in [6, 6.07) is 13.2. The fourth-order valence-corrected chi connectivity index (χ4v) is 2.29. The maximum Gasteiger partial charge on any atom is 0.317 e. The smallest absolute Gasteiger partial charge is 0.317 e. The molecule has 6 heteroatoms. The number of rotatable bonds is 7. The number of benzene rings is 2. The number of urea groups is 1. The normalized spacial score (nSPS) is 10.3. The van der Waals surface area contributed by atoms with Crippen molar-refractivity contribution in [3.63, 3.8) is 0 Å². The molecule has 0 radical (unpaired) electrons. The first kappa shape index (κ1) is 18.1. The summed E-state index contributed by atoms with van der Waals surface area (Å²) >= 11 is 5.92. The van der Waals surface area contributed by atoms with E-state index in [4.69, 9.17) is 16.3 Å². The lowest BCUT2D eigenvalue weighted by molar-refractivity contribution is 0.195. The Morgan fingerprint density at radius 1 is 1.25 bits per heavy atom. The second-order valence-corrected chi connectivity index (χ2v) is 5.77. The van der Waals surface area contributed by atoms with Crippen molar-refractivity contribution < 1.29 is 13.9 Å². The summed E-state index contributed by atoms with van der Waals surface area (Å²) in [5.41, 5.74) is 1.07. The number of likely N-dealkylation sites (N-methyl/N-ethyl adjacent to an activating group) is 1. The van der Waals surface area contributed by atoms with Gasteiger partial charge in [-0.2, -0.15) is 0 Å². The van der Waals surface area contributed by atoms with Gasteiger partial charge >= 0.3 is 6.03 Å². The predicted octanol–water partition coefficient (Wildman–Crippen LogP) is 3.74. The Labute approximate surface area is 146 Å². The summed E-state index contributed by atoms with van der Waals surface area (Å²) in [7, 11) is 1.70. The second kappa shape index (κ2) is 9.13. The number of carbonyl (C=O) groups is 1. The molecule has 0 bridgehead atoms. The molecular weight excluding hydrogens is 331 g/mol. The van der Waals surface area contributed by atoms with Crippen molar-refractivity contribution in [1.29, 1.82) is 0 Å². The van der Waals surface area contributed by atoms with E-state index in [9.17, 15) is 9.18 Å². The summed E-state index contributed by atoms with van der Waals surface area (Å²) in [6.07, 6.45) is 0.715. The first-order valence-corrected chi connectivity index (χ1v) is 8.04. The minimum absolute atomic E-state index is 0.167. The summed E-state index contributed by atoms with van der Waals surface area (Å²) in [5.74, 6) is 0.268. The molecule has 0 aliphatic heterocycles. The maximum atomic E-state index is 12.8. The van der Waals surface area contributed by atoms with Crippen LogP contribution in [0.3, 0.4) is 0 Å². The van der Waals surface area contributed by atoms with E-state index < -0.39 is 0 Å². The highest BCUT2D eigenvalue weighted by molar-refractivity contribution is 6.30. The van der Waals surface area contributed by atoms with Crippen molar-refractivity contribution in [2.45, 2.75) is 6.42 Å². The summed E-state index contributed by atoms with van der Waals surface area (Å²) < 4.78 is 18.2. The highest BCUT2D eigenvalue weighted by Gasteiger charge is 2.07. The monoisotopic (exact) mass is 350 g/mol. The molecule has 1 N–H and O–H groups in total. The van der Waals surface area contributed by atoms with Crippen LogP contribution in [-0.2, 0) is 6.42 Å². The van der Waals surface area contributed by atoms with Crippen molar-refractivity contribution >= 4 is 17.6 Å². The van der Waals surface area contributed by atoms with Crippen molar-refractivity contribution in [2.75, 3.05) is 26.7 Å². The number of carbonyl (C=O) groups excluding carboxylic acids is 1. The third-order valence-electron chi connectivity index (χ3n) is 3.43. The van der Waals surface area contributed by atoms with Crippen LogP contribution in [-0.4, -0.2) is 37.7 Å².